The molecule has 0 spiro atoms. The van der Waals surface area contributed by atoms with Crippen LogP contribution in [0.1, 0.15) is 16.1 Å². The van der Waals surface area contributed by atoms with E-state index in [-0.39, 0.29) is 5.91 Å². The number of carbonyl (C=O) groups is 1. The summed E-state index contributed by atoms with van der Waals surface area (Å²) in [4.78, 5) is 12.9. The lowest BCUT2D eigenvalue weighted by molar-refractivity contribution is 0.102. The summed E-state index contributed by atoms with van der Waals surface area (Å²) in [5.74, 6) is 1.08. The fraction of sp³-hybridized carbons (Fsp3) is 0.0952. The van der Waals surface area contributed by atoms with Crippen LogP contribution in [0.15, 0.2) is 65.1 Å². The molecule has 4 nitrogen and oxygen atoms in total. The largest absolute Gasteiger partial charge is 0.497 e. The van der Waals surface area contributed by atoms with Crippen LogP contribution in [-0.4, -0.2) is 13.0 Å². The van der Waals surface area contributed by atoms with Crippen LogP contribution in [0.25, 0.3) is 21.7 Å². The minimum atomic E-state index is -0.194. The van der Waals surface area contributed by atoms with E-state index in [1.54, 1.807) is 14.0 Å². The van der Waals surface area contributed by atoms with Crippen LogP contribution >= 0.6 is 0 Å². The molecule has 3 aromatic carbocycles. The number of nitrogens with one attached hydrogen (secondary N) is 1. The van der Waals surface area contributed by atoms with Crippen LogP contribution in [0.5, 0.6) is 5.75 Å². The highest BCUT2D eigenvalue weighted by atomic mass is 16.5. The third kappa shape index (κ3) is 2.62. The van der Waals surface area contributed by atoms with E-state index in [4.69, 9.17) is 9.15 Å². The lowest BCUT2D eigenvalue weighted by Gasteiger charge is -2.09. The molecule has 0 radical (unpaired) electrons. The Labute approximate surface area is 145 Å². The highest BCUT2D eigenvalue weighted by molar-refractivity contribution is 6.15. The van der Waals surface area contributed by atoms with Gasteiger partial charge in [0.05, 0.1) is 12.7 Å². The maximum absolute atomic E-state index is 12.9. The molecule has 4 heteroatoms. The molecule has 25 heavy (non-hydrogen) atoms. The van der Waals surface area contributed by atoms with Crippen molar-refractivity contribution in [1.82, 2.24) is 0 Å². The first kappa shape index (κ1) is 15.3. The lowest BCUT2D eigenvalue weighted by atomic mass is 10.1. The number of furan rings is 1. The first-order valence-electron chi connectivity index (χ1n) is 8.03. The van der Waals surface area contributed by atoms with E-state index in [0.717, 1.165) is 21.8 Å². The molecular weight excluding hydrogens is 314 g/mol. The monoisotopic (exact) mass is 331 g/mol. The van der Waals surface area contributed by atoms with Gasteiger partial charge in [0.2, 0.25) is 0 Å². The zero-order valence-corrected chi connectivity index (χ0v) is 14.0. The van der Waals surface area contributed by atoms with Gasteiger partial charge in [-0.15, -0.1) is 0 Å². The van der Waals surface area contributed by atoms with Gasteiger partial charge in [0, 0.05) is 16.5 Å². The Morgan fingerprint density at radius 3 is 2.64 bits per heavy atom. The SMILES string of the molecule is COc1ccc2oc(C)c(C(=O)Nc3cccc4ccccc34)c2c1. The van der Waals surface area contributed by atoms with Gasteiger partial charge in [-0.2, -0.15) is 0 Å². The number of benzene rings is 3. The van der Waals surface area contributed by atoms with Gasteiger partial charge < -0.3 is 14.5 Å². The van der Waals surface area contributed by atoms with Crippen molar-refractivity contribution in [3.8, 4) is 5.75 Å². The maximum atomic E-state index is 12.9. The van der Waals surface area contributed by atoms with E-state index in [1.807, 2.05) is 60.7 Å². The molecule has 0 saturated heterocycles. The zero-order chi connectivity index (χ0) is 17.4. The standard InChI is InChI=1S/C21H17NO3/c1-13-20(17-12-15(24-2)10-11-19(17)25-13)21(23)22-18-9-5-7-14-6-3-4-8-16(14)18/h3-12H,1-2H3,(H,22,23). The molecule has 1 amide bonds. The summed E-state index contributed by atoms with van der Waals surface area (Å²) in [6, 6.07) is 19.3. The third-order valence-electron chi connectivity index (χ3n) is 4.34. The topological polar surface area (TPSA) is 51.5 Å². The Morgan fingerprint density at radius 1 is 1.00 bits per heavy atom. The van der Waals surface area contributed by atoms with Gasteiger partial charge in [-0.05, 0) is 36.6 Å². The van der Waals surface area contributed by atoms with E-state index in [1.165, 1.54) is 0 Å². The van der Waals surface area contributed by atoms with Crippen molar-refractivity contribution in [3.05, 3.63) is 72.0 Å². The quantitative estimate of drug-likeness (QED) is 0.564. The smallest absolute Gasteiger partial charge is 0.259 e. The first-order chi connectivity index (χ1) is 12.2. The van der Waals surface area contributed by atoms with Gasteiger partial charge >= 0.3 is 0 Å². The van der Waals surface area contributed by atoms with Crippen LogP contribution in [0.2, 0.25) is 0 Å². The van der Waals surface area contributed by atoms with Crippen molar-refractivity contribution in [2.24, 2.45) is 0 Å². The summed E-state index contributed by atoms with van der Waals surface area (Å²) in [5, 5.41) is 5.84. The molecule has 4 rings (SSSR count). The molecule has 1 heterocycles. The lowest BCUT2D eigenvalue weighted by Crippen LogP contribution is -2.12. The van der Waals surface area contributed by atoms with E-state index in [2.05, 4.69) is 5.32 Å². The minimum Gasteiger partial charge on any atom is -0.497 e. The van der Waals surface area contributed by atoms with E-state index >= 15 is 0 Å². The second-order valence-electron chi connectivity index (χ2n) is 5.88. The molecule has 0 atom stereocenters. The van der Waals surface area contributed by atoms with Crippen LogP contribution in [0.3, 0.4) is 0 Å². The fourth-order valence-electron chi connectivity index (χ4n) is 3.13. The number of aryl methyl sites for hydroxylation is 1. The fourth-order valence-corrected chi connectivity index (χ4v) is 3.13. The highest BCUT2D eigenvalue weighted by Gasteiger charge is 2.19. The molecule has 0 aliphatic heterocycles. The molecule has 0 aliphatic carbocycles. The van der Waals surface area contributed by atoms with Gasteiger partial charge in [0.15, 0.2) is 0 Å². The third-order valence-corrected chi connectivity index (χ3v) is 4.34. The molecule has 124 valence electrons. The van der Waals surface area contributed by atoms with Crippen LogP contribution < -0.4 is 10.1 Å². The Balaban J connectivity index is 1.78. The van der Waals surface area contributed by atoms with Crippen molar-refractivity contribution < 1.29 is 13.9 Å². The Kier molecular flexibility index (Phi) is 3.65. The van der Waals surface area contributed by atoms with Crippen molar-refractivity contribution in [1.29, 1.82) is 0 Å². The molecule has 0 unspecified atom stereocenters. The summed E-state index contributed by atoms with van der Waals surface area (Å²) >= 11 is 0. The molecule has 4 aromatic rings. The minimum absolute atomic E-state index is 0.194. The predicted molar refractivity (Wildman–Crippen MR) is 99.4 cm³/mol. The van der Waals surface area contributed by atoms with Crippen LogP contribution in [-0.2, 0) is 0 Å². The van der Waals surface area contributed by atoms with Crippen LogP contribution in [0.4, 0.5) is 5.69 Å². The Bertz CT molecular complexity index is 1090. The molecule has 1 aromatic heterocycles. The number of fused-ring (bicyclic) bond motifs is 2. The van der Waals surface area contributed by atoms with E-state index in [0.29, 0.717) is 22.7 Å². The highest BCUT2D eigenvalue weighted by Crippen LogP contribution is 2.30. The molecule has 0 saturated carbocycles. The molecule has 0 bridgehead atoms. The van der Waals surface area contributed by atoms with Gasteiger partial charge in [-0.25, -0.2) is 0 Å². The zero-order valence-electron chi connectivity index (χ0n) is 14.0. The molecular formula is C21H17NO3. The Hall–Kier alpha value is -3.27. The molecule has 0 aliphatic rings. The van der Waals surface area contributed by atoms with Crippen molar-refractivity contribution in [2.45, 2.75) is 6.92 Å². The second-order valence-corrected chi connectivity index (χ2v) is 5.88. The number of hydrogen-bond donors (Lipinski definition) is 1. The number of methoxy groups -OCH3 is 1. The van der Waals surface area contributed by atoms with Crippen LogP contribution in [0, 0.1) is 6.92 Å². The first-order valence-corrected chi connectivity index (χ1v) is 8.03. The summed E-state index contributed by atoms with van der Waals surface area (Å²) < 4.78 is 11.0. The summed E-state index contributed by atoms with van der Waals surface area (Å²) in [6.45, 7) is 1.80. The number of amides is 1. The number of anilines is 1. The summed E-state index contributed by atoms with van der Waals surface area (Å²) in [7, 11) is 1.60. The van der Waals surface area contributed by atoms with Gasteiger partial charge in [-0.3, -0.25) is 4.79 Å². The number of ether oxygens (including phenoxy) is 1. The summed E-state index contributed by atoms with van der Waals surface area (Å²) in [6.07, 6.45) is 0. The summed E-state index contributed by atoms with van der Waals surface area (Å²) in [5.41, 5.74) is 1.97. The number of rotatable bonds is 3. The Morgan fingerprint density at radius 2 is 1.80 bits per heavy atom. The van der Waals surface area contributed by atoms with Crippen molar-refractivity contribution >= 4 is 33.3 Å². The van der Waals surface area contributed by atoms with E-state index in [9.17, 15) is 4.79 Å². The van der Waals surface area contributed by atoms with E-state index < -0.39 is 0 Å². The average molecular weight is 331 g/mol. The maximum Gasteiger partial charge on any atom is 0.259 e. The van der Waals surface area contributed by atoms with Gasteiger partial charge in [-0.1, -0.05) is 36.4 Å². The van der Waals surface area contributed by atoms with Crippen molar-refractivity contribution in [3.63, 3.8) is 0 Å². The van der Waals surface area contributed by atoms with Gasteiger partial charge in [0.25, 0.3) is 5.91 Å². The second kappa shape index (κ2) is 5.98. The predicted octanol–water partition coefficient (Wildman–Crippen LogP) is 5.16. The number of hydrogen-bond acceptors (Lipinski definition) is 3. The average Bonchev–Trinajstić information content (AvgIpc) is 2.96. The van der Waals surface area contributed by atoms with Gasteiger partial charge in [0.1, 0.15) is 17.1 Å². The number of carbonyl (C=O) groups excluding carboxylic acids is 1. The molecule has 1 N–H and O–H groups in total. The molecule has 0 fully saturated rings. The van der Waals surface area contributed by atoms with Crippen molar-refractivity contribution in [2.75, 3.05) is 12.4 Å². The normalized spacial score (nSPS) is 11.0.